The first-order valence-corrected chi connectivity index (χ1v) is 3.57. The molecule has 0 heterocycles. The molecule has 1 aromatic carbocycles. The van der Waals surface area contributed by atoms with Crippen molar-refractivity contribution in [1.82, 2.24) is 0 Å². The van der Waals surface area contributed by atoms with Crippen molar-refractivity contribution < 1.29 is 10.6 Å². The summed E-state index contributed by atoms with van der Waals surface area (Å²) in [4.78, 5) is 0. The van der Waals surface area contributed by atoms with Crippen molar-refractivity contribution in [3.05, 3.63) is 35.9 Å². The average molecular weight is 154 g/mol. The molecule has 1 unspecified atom stereocenters. The highest BCUT2D eigenvalue weighted by molar-refractivity contribution is 5.16. The van der Waals surface area contributed by atoms with E-state index in [0.29, 0.717) is 0 Å². The largest absolute Gasteiger partial charge is 0.412 e. The first-order valence-electron chi connectivity index (χ1n) is 3.57. The third-order valence-electron chi connectivity index (χ3n) is 1.57. The molecule has 0 fully saturated rings. The maximum Gasteiger partial charge on any atom is 0.0787 e. The molecule has 0 radical (unpaired) electrons. The van der Waals surface area contributed by atoms with E-state index in [0.717, 1.165) is 12.0 Å². The molecule has 1 rings (SSSR count). The zero-order chi connectivity index (χ0) is 7.40. The quantitative estimate of drug-likeness (QED) is 0.686. The topological polar surface area (TPSA) is 51.7 Å². The average Bonchev–Trinajstić information content (AvgIpc) is 2.05. The summed E-state index contributed by atoms with van der Waals surface area (Å²) in [6.07, 6.45) is 0.491. The van der Waals surface area contributed by atoms with Gasteiger partial charge in [-0.05, 0) is 12.0 Å². The highest BCUT2D eigenvalue weighted by atomic mass is 16.3. The molecule has 3 N–H and O–H groups in total. The van der Waals surface area contributed by atoms with Crippen LogP contribution >= 0.6 is 0 Å². The Hall–Kier alpha value is -0.860. The minimum atomic E-state index is -0.291. The second-order valence-corrected chi connectivity index (χ2v) is 2.33. The van der Waals surface area contributed by atoms with E-state index in [1.165, 1.54) is 0 Å². The summed E-state index contributed by atoms with van der Waals surface area (Å²) < 4.78 is 0. The molecule has 11 heavy (non-hydrogen) atoms. The molecule has 2 nitrogen and oxygen atoms in total. The second-order valence-electron chi connectivity index (χ2n) is 2.33. The summed E-state index contributed by atoms with van der Waals surface area (Å²) >= 11 is 0. The fraction of sp³-hybridized carbons (Fsp3) is 0.333. The minimum Gasteiger partial charge on any atom is -0.412 e. The molecule has 0 spiro atoms. The lowest BCUT2D eigenvalue weighted by molar-refractivity contribution is 0.173. The van der Waals surface area contributed by atoms with E-state index >= 15 is 0 Å². The van der Waals surface area contributed by atoms with Gasteiger partial charge in [0.25, 0.3) is 0 Å². The Balaban J connectivity index is 0.000001000. The van der Waals surface area contributed by atoms with Gasteiger partial charge < -0.3 is 10.6 Å². The maximum absolute atomic E-state index is 9.33. The Bertz CT molecular complexity index is 184. The summed E-state index contributed by atoms with van der Waals surface area (Å²) in [5.74, 6) is 0. The number of hydrogen-bond donors (Lipinski definition) is 1. The summed E-state index contributed by atoms with van der Waals surface area (Å²) in [5, 5.41) is 9.33. The Morgan fingerprint density at radius 1 is 1.27 bits per heavy atom. The minimum absolute atomic E-state index is 0. The molecule has 0 saturated carbocycles. The first kappa shape index (κ1) is 10.1. The van der Waals surface area contributed by atoms with E-state index in [1.54, 1.807) is 0 Å². The van der Waals surface area contributed by atoms with E-state index in [9.17, 15) is 5.11 Å². The van der Waals surface area contributed by atoms with Crippen LogP contribution in [0.2, 0.25) is 0 Å². The van der Waals surface area contributed by atoms with Crippen LogP contribution in [0.15, 0.2) is 30.3 Å². The number of rotatable bonds is 2. The van der Waals surface area contributed by atoms with Crippen molar-refractivity contribution >= 4 is 0 Å². The molecule has 0 aliphatic heterocycles. The highest BCUT2D eigenvalue weighted by Crippen LogP contribution is 2.14. The smallest absolute Gasteiger partial charge is 0.0787 e. The Morgan fingerprint density at radius 2 is 1.82 bits per heavy atom. The maximum atomic E-state index is 9.33. The van der Waals surface area contributed by atoms with Gasteiger partial charge in [0.05, 0.1) is 6.10 Å². The molecule has 0 saturated heterocycles. The molecule has 1 aromatic rings. The van der Waals surface area contributed by atoms with Crippen molar-refractivity contribution in [2.24, 2.45) is 0 Å². The van der Waals surface area contributed by atoms with Gasteiger partial charge in [0, 0.05) is 0 Å². The summed E-state index contributed by atoms with van der Waals surface area (Å²) in [6, 6.07) is 9.70. The van der Waals surface area contributed by atoms with E-state index in [2.05, 4.69) is 0 Å². The fourth-order valence-corrected chi connectivity index (χ4v) is 0.911. The van der Waals surface area contributed by atoms with Gasteiger partial charge in [-0.2, -0.15) is 0 Å². The Labute approximate surface area is 66.8 Å². The Morgan fingerprint density at radius 3 is 2.27 bits per heavy atom. The number of benzene rings is 1. The summed E-state index contributed by atoms with van der Waals surface area (Å²) in [5.41, 5.74) is 1.00. The SMILES string of the molecule is CCC(O)c1ccccc1.O. The fourth-order valence-electron chi connectivity index (χ4n) is 0.911. The molecular weight excluding hydrogens is 140 g/mol. The van der Waals surface area contributed by atoms with Crippen LogP contribution in [0, 0.1) is 0 Å². The van der Waals surface area contributed by atoms with Crippen molar-refractivity contribution in [2.75, 3.05) is 0 Å². The molecule has 2 heteroatoms. The molecule has 0 aliphatic rings. The normalized spacial score (nSPS) is 11.8. The van der Waals surface area contributed by atoms with Crippen LogP contribution in [0.1, 0.15) is 25.0 Å². The van der Waals surface area contributed by atoms with Crippen LogP contribution in [0.5, 0.6) is 0 Å². The number of hydrogen-bond acceptors (Lipinski definition) is 1. The van der Waals surface area contributed by atoms with Crippen LogP contribution in [-0.4, -0.2) is 10.6 Å². The predicted octanol–water partition coefficient (Wildman–Crippen LogP) is 1.31. The van der Waals surface area contributed by atoms with E-state index in [1.807, 2.05) is 37.3 Å². The van der Waals surface area contributed by atoms with E-state index < -0.39 is 0 Å². The monoisotopic (exact) mass is 154 g/mol. The lowest BCUT2D eigenvalue weighted by atomic mass is 10.1. The second kappa shape index (κ2) is 4.88. The molecular formula is C9H14O2. The zero-order valence-electron chi connectivity index (χ0n) is 6.62. The molecule has 0 amide bonds. The molecule has 0 aliphatic carbocycles. The standard InChI is InChI=1S/C9H12O.H2O/c1-2-9(10)8-6-4-3-5-7-8;/h3-7,9-10H,2H2,1H3;1H2. The molecule has 1 atom stereocenters. The van der Waals surface area contributed by atoms with Gasteiger partial charge in [0.2, 0.25) is 0 Å². The highest BCUT2D eigenvalue weighted by Gasteiger charge is 2.00. The van der Waals surface area contributed by atoms with Gasteiger partial charge in [0.1, 0.15) is 0 Å². The van der Waals surface area contributed by atoms with Crippen LogP contribution in [0.3, 0.4) is 0 Å². The molecule has 0 aromatic heterocycles. The van der Waals surface area contributed by atoms with Crippen molar-refractivity contribution in [2.45, 2.75) is 19.4 Å². The lowest BCUT2D eigenvalue weighted by Gasteiger charge is -2.05. The van der Waals surface area contributed by atoms with Gasteiger partial charge in [0.15, 0.2) is 0 Å². The van der Waals surface area contributed by atoms with Crippen molar-refractivity contribution in [1.29, 1.82) is 0 Å². The zero-order valence-corrected chi connectivity index (χ0v) is 6.62. The van der Waals surface area contributed by atoms with E-state index in [-0.39, 0.29) is 11.6 Å². The number of aliphatic hydroxyl groups excluding tert-OH is 1. The van der Waals surface area contributed by atoms with Crippen LogP contribution < -0.4 is 0 Å². The van der Waals surface area contributed by atoms with Crippen LogP contribution in [0.25, 0.3) is 0 Å². The van der Waals surface area contributed by atoms with Gasteiger partial charge >= 0.3 is 0 Å². The molecule has 62 valence electrons. The van der Waals surface area contributed by atoms with Gasteiger partial charge in [-0.15, -0.1) is 0 Å². The third kappa shape index (κ3) is 2.70. The lowest BCUT2D eigenvalue weighted by Crippen LogP contribution is -1.93. The first-order chi connectivity index (χ1) is 4.84. The predicted molar refractivity (Wildman–Crippen MR) is 45.3 cm³/mol. The van der Waals surface area contributed by atoms with Crippen LogP contribution in [-0.2, 0) is 0 Å². The van der Waals surface area contributed by atoms with Crippen LogP contribution in [0.4, 0.5) is 0 Å². The van der Waals surface area contributed by atoms with Gasteiger partial charge in [-0.3, -0.25) is 0 Å². The van der Waals surface area contributed by atoms with Crippen molar-refractivity contribution in [3.8, 4) is 0 Å². The summed E-state index contributed by atoms with van der Waals surface area (Å²) in [7, 11) is 0. The summed E-state index contributed by atoms with van der Waals surface area (Å²) in [6.45, 7) is 1.97. The third-order valence-corrected chi connectivity index (χ3v) is 1.57. The van der Waals surface area contributed by atoms with Gasteiger partial charge in [-0.1, -0.05) is 37.3 Å². The van der Waals surface area contributed by atoms with Gasteiger partial charge in [-0.25, -0.2) is 0 Å². The van der Waals surface area contributed by atoms with E-state index in [4.69, 9.17) is 0 Å². The Kier molecular flexibility index (Phi) is 4.50. The molecule has 0 bridgehead atoms. The van der Waals surface area contributed by atoms with Crippen molar-refractivity contribution in [3.63, 3.8) is 0 Å². The number of aliphatic hydroxyl groups is 1.